The highest BCUT2D eigenvalue weighted by Gasteiger charge is 1.92. The van der Waals surface area contributed by atoms with Crippen molar-refractivity contribution in [2.24, 2.45) is 0 Å². The zero-order valence-electron chi connectivity index (χ0n) is 11.4. The van der Waals surface area contributed by atoms with Gasteiger partial charge in [-0.25, -0.2) is 0 Å². The largest absolute Gasteiger partial charge is 0.400 e. The van der Waals surface area contributed by atoms with Crippen LogP contribution >= 0.6 is 0 Å². The first-order valence-corrected chi connectivity index (χ1v) is 5.84. The van der Waals surface area contributed by atoms with E-state index in [1.54, 1.807) is 6.08 Å². The minimum Gasteiger partial charge on any atom is -0.400 e. The predicted octanol–water partition coefficient (Wildman–Crippen LogP) is 4.47. The fourth-order valence-corrected chi connectivity index (χ4v) is 1.16. The predicted molar refractivity (Wildman–Crippen MR) is 78.9 cm³/mol. The standard InChI is InChI=1S/C13H14.C2H6.CH4O/c1-3-5-9-12(4-2)13-10-7-6-8-11-13;2*1-2/h3-11H,1H2,2H3;1-2H3;2H,1H3/b9-5-,12-4+;;. The fourth-order valence-electron chi connectivity index (χ4n) is 1.16. The summed E-state index contributed by atoms with van der Waals surface area (Å²) in [5.74, 6) is 0. The Morgan fingerprint density at radius 3 is 2.06 bits per heavy atom. The van der Waals surface area contributed by atoms with Crippen molar-refractivity contribution in [2.75, 3.05) is 7.11 Å². The summed E-state index contributed by atoms with van der Waals surface area (Å²) in [6, 6.07) is 10.3. The molecule has 0 unspecified atom stereocenters. The first-order chi connectivity index (χ1) is 8.38. The van der Waals surface area contributed by atoms with Gasteiger partial charge in [-0.15, -0.1) is 0 Å². The fraction of sp³-hybridized carbons (Fsp3) is 0.250. The quantitative estimate of drug-likeness (QED) is 0.762. The van der Waals surface area contributed by atoms with Gasteiger partial charge in [-0.2, -0.15) is 0 Å². The average molecular weight is 232 g/mol. The Labute approximate surface area is 106 Å². The third-order valence-corrected chi connectivity index (χ3v) is 1.83. The zero-order valence-corrected chi connectivity index (χ0v) is 11.4. The van der Waals surface area contributed by atoms with Crippen molar-refractivity contribution in [3.8, 4) is 0 Å². The summed E-state index contributed by atoms with van der Waals surface area (Å²) in [7, 11) is 1.00. The molecule has 0 saturated heterocycles. The monoisotopic (exact) mass is 232 g/mol. The van der Waals surface area contributed by atoms with Crippen LogP contribution in [-0.2, 0) is 0 Å². The van der Waals surface area contributed by atoms with E-state index >= 15 is 0 Å². The molecular weight excluding hydrogens is 208 g/mol. The Hall–Kier alpha value is -1.60. The first kappa shape index (κ1) is 17.8. The third-order valence-electron chi connectivity index (χ3n) is 1.83. The van der Waals surface area contributed by atoms with Gasteiger partial charge in [0.1, 0.15) is 0 Å². The lowest BCUT2D eigenvalue weighted by molar-refractivity contribution is 0.399. The summed E-state index contributed by atoms with van der Waals surface area (Å²) in [6.07, 6.45) is 7.88. The molecule has 0 atom stereocenters. The van der Waals surface area contributed by atoms with E-state index < -0.39 is 0 Å². The molecule has 0 saturated carbocycles. The Morgan fingerprint density at radius 2 is 1.65 bits per heavy atom. The number of aliphatic hydroxyl groups excluding tert-OH is 1. The molecule has 0 fully saturated rings. The molecule has 0 aliphatic heterocycles. The summed E-state index contributed by atoms with van der Waals surface area (Å²) in [5.41, 5.74) is 2.46. The van der Waals surface area contributed by atoms with Crippen LogP contribution in [0.1, 0.15) is 26.3 Å². The lowest BCUT2D eigenvalue weighted by atomic mass is 10.1. The number of hydrogen-bond acceptors (Lipinski definition) is 1. The lowest BCUT2D eigenvalue weighted by Gasteiger charge is -1.99. The Balaban J connectivity index is 0. The van der Waals surface area contributed by atoms with Gasteiger partial charge in [0.05, 0.1) is 0 Å². The van der Waals surface area contributed by atoms with Gasteiger partial charge in [0, 0.05) is 7.11 Å². The third kappa shape index (κ3) is 8.23. The smallest absolute Gasteiger partial charge is 0.0319 e. The molecule has 0 radical (unpaired) electrons. The summed E-state index contributed by atoms with van der Waals surface area (Å²) in [5, 5.41) is 7.00. The van der Waals surface area contributed by atoms with Gasteiger partial charge in [-0.05, 0) is 18.1 Å². The average Bonchev–Trinajstić information content (AvgIpc) is 2.45. The van der Waals surface area contributed by atoms with Crippen LogP contribution < -0.4 is 0 Å². The molecular formula is C16H24O. The van der Waals surface area contributed by atoms with Crippen LogP contribution in [0, 0.1) is 0 Å². The zero-order chi connectivity index (χ0) is 13.5. The van der Waals surface area contributed by atoms with E-state index in [2.05, 4.69) is 30.9 Å². The van der Waals surface area contributed by atoms with Gasteiger partial charge in [0.25, 0.3) is 0 Å². The molecule has 0 heterocycles. The Morgan fingerprint density at radius 1 is 1.12 bits per heavy atom. The lowest BCUT2D eigenvalue weighted by Crippen LogP contribution is -1.77. The van der Waals surface area contributed by atoms with Gasteiger partial charge < -0.3 is 5.11 Å². The second-order valence-corrected chi connectivity index (χ2v) is 2.70. The molecule has 1 rings (SSSR count). The highest BCUT2D eigenvalue weighted by Crippen LogP contribution is 2.14. The maximum absolute atomic E-state index is 7.00. The van der Waals surface area contributed by atoms with Crippen LogP contribution in [0.5, 0.6) is 0 Å². The van der Waals surface area contributed by atoms with Crippen molar-refractivity contribution in [3.05, 3.63) is 66.8 Å². The highest BCUT2D eigenvalue weighted by molar-refractivity contribution is 5.73. The number of rotatable bonds is 3. The van der Waals surface area contributed by atoms with E-state index in [0.717, 1.165) is 7.11 Å². The van der Waals surface area contributed by atoms with E-state index in [-0.39, 0.29) is 0 Å². The summed E-state index contributed by atoms with van der Waals surface area (Å²) in [6.45, 7) is 9.68. The van der Waals surface area contributed by atoms with Crippen LogP contribution in [-0.4, -0.2) is 12.2 Å². The molecule has 0 bridgehead atoms. The van der Waals surface area contributed by atoms with Crippen molar-refractivity contribution in [1.29, 1.82) is 0 Å². The van der Waals surface area contributed by atoms with Gasteiger partial charge in [-0.3, -0.25) is 0 Å². The summed E-state index contributed by atoms with van der Waals surface area (Å²) in [4.78, 5) is 0. The number of aliphatic hydroxyl groups is 1. The summed E-state index contributed by atoms with van der Waals surface area (Å²) < 4.78 is 0. The van der Waals surface area contributed by atoms with Crippen LogP contribution in [0.4, 0.5) is 0 Å². The molecule has 1 aromatic carbocycles. The Kier molecular flexibility index (Phi) is 15.1. The van der Waals surface area contributed by atoms with Crippen molar-refractivity contribution >= 4 is 5.57 Å². The highest BCUT2D eigenvalue weighted by atomic mass is 16.2. The molecule has 0 aliphatic carbocycles. The molecule has 1 N–H and O–H groups in total. The van der Waals surface area contributed by atoms with E-state index in [4.69, 9.17) is 5.11 Å². The van der Waals surface area contributed by atoms with E-state index in [1.807, 2.05) is 45.0 Å². The van der Waals surface area contributed by atoms with Crippen molar-refractivity contribution in [3.63, 3.8) is 0 Å². The topological polar surface area (TPSA) is 20.2 Å². The molecule has 17 heavy (non-hydrogen) atoms. The van der Waals surface area contributed by atoms with Crippen LogP contribution in [0.15, 0.2) is 61.2 Å². The summed E-state index contributed by atoms with van der Waals surface area (Å²) >= 11 is 0. The number of allylic oxidation sites excluding steroid dienone is 5. The minimum absolute atomic E-state index is 1.00. The van der Waals surface area contributed by atoms with E-state index in [1.165, 1.54) is 11.1 Å². The molecule has 1 aromatic rings. The minimum atomic E-state index is 1.00. The van der Waals surface area contributed by atoms with Crippen LogP contribution in [0.3, 0.4) is 0 Å². The van der Waals surface area contributed by atoms with Gasteiger partial charge in [-0.1, -0.05) is 75.1 Å². The van der Waals surface area contributed by atoms with E-state index in [0.29, 0.717) is 0 Å². The van der Waals surface area contributed by atoms with Gasteiger partial charge >= 0.3 is 0 Å². The maximum Gasteiger partial charge on any atom is 0.0319 e. The molecule has 0 amide bonds. The SMILES string of the molecule is C=C/C=C\C(=C/C)c1ccccc1.CC.CO. The molecule has 0 spiro atoms. The maximum atomic E-state index is 7.00. The normalized spacial score (nSPS) is 9.82. The van der Waals surface area contributed by atoms with E-state index in [9.17, 15) is 0 Å². The van der Waals surface area contributed by atoms with Gasteiger partial charge in [0.15, 0.2) is 0 Å². The Bertz CT molecular complexity index is 321. The van der Waals surface area contributed by atoms with Crippen molar-refractivity contribution < 1.29 is 5.11 Å². The number of benzene rings is 1. The second-order valence-electron chi connectivity index (χ2n) is 2.70. The first-order valence-electron chi connectivity index (χ1n) is 5.84. The van der Waals surface area contributed by atoms with Crippen molar-refractivity contribution in [2.45, 2.75) is 20.8 Å². The number of hydrogen-bond donors (Lipinski definition) is 1. The second kappa shape index (κ2) is 14.4. The molecule has 94 valence electrons. The molecule has 1 heteroatoms. The van der Waals surface area contributed by atoms with Gasteiger partial charge in [0.2, 0.25) is 0 Å². The molecule has 0 aromatic heterocycles. The molecule has 1 nitrogen and oxygen atoms in total. The van der Waals surface area contributed by atoms with Crippen LogP contribution in [0.25, 0.3) is 5.57 Å². The molecule has 0 aliphatic rings. The van der Waals surface area contributed by atoms with Crippen molar-refractivity contribution in [1.82, 2.24) is 0 Å². The van der Waals surface area contributed by atoms with Crippen LogP contribution in [0.2, 0.25) is 0 Å².